The van der Waals surface area contributed by atoms with Gasteiger partial charge in [-0.1, -0.05) is 19.0 Å². The Kier molecular flexibility index (Phi) is 4.91. The summed E-state index contributed by atoms with van der Waals surface area (Å²) >= 11 is 0. The summed E-state index contributed by atoms with van der Waals surface area (Å²) in [6.45, 7) is 5.16. The summed E-state index contributed by atoms with van der Waals surface area (Å²) in [5.74, 6) is 0.0786. The first-order valence-corrected chi connectivity index (χ1v) is 9.78. The van der Waals surface area contributed by atoms with Gasteiger partial charge in [0.15, 0.2) is 11.5 Å². The standard InChI is InChI=1S/C21H24FN3O3/c1-13(2)11-18-21(27)24(16-7-8-16)9-10-25(18)20(26)17-12-19(28-23-17)14-3-5-15(22)6-4-14/h3-6,12-13,16,18H,7-11H2,1-2H3. The first-order valence-electron chi connectivity index (χ1n) is 9.78. The van der Waals surface area contributed by atoms with E-state index in [1.165, 1.54) is 12.1 Å². The smallest absolute Gasteiger partial charge is 0.276 e. The van der Waals surface area contributed by atoms with E-state index in [0.717, 1.165) is 12.8 Å². The second-order valence-corrected chi connectivity index (χ2v) is 7.99. The van der Waals surface area contributed by atoms with Crippen molar-refractivity contribution in [3.63, 3.8) is 0 Å². The molecule has 28 heavy (non-hydrogen) atoms. The Bertz CT molecular complexity index is 873. The molecule has 1 aromatic carbocycles. The predicted molar refractivity (Wildman–Crippen MR) is 101 cm³/mol. The van der Waals surface area contributed by atoms with E-state index in [9.17, 15) is 14.0 Å². The summed E-state index contributed by atoms with van der Waals surface area (Å²) in [4.78, 5) is 29.7. The molecule has 6 nitrogen and oxygen atoms in total. The lowest BCUT2D eigenvalue weighted by atomic mass is 9.98. The maximum Gasteiger partial charge on any atom is 0.276 e. The Morgan fingerprint density at radius 1 is 1.25 bits per heavy atom. The quantitative estimate of drug-likeness (QED) is 0.792. The number of carbonyl (C=O) groups excluding carboxylic acids is 2. The van der Waals surface area contributed by atoms with Crippen LogP contribution in [-0.2, 0) is 4.79 Å². The Labute approximate surface area is 163 Å². The molecule has 148 valence electrons. The van der Waals surface area contributed by atoms with Gasteiger partial charge in [0, 0.05) is 30.8 Å². The molecular weight excluding hydrogens is 361 g/mol. The van der Waals surface area contributed by atoms with Crippen LogP contribution >= 0.6 is 0 Å². The van der Waals surface area contributed by atoms with Crippen LogP contribution in [0.2, 0.25) is 0 Å². The monoisotopic (exact) mass is 385 g/mol. The van der Waals surface area contributed by atoms with E-state index in [-0.39, 0.29) is 29.2 Å². The number of amides is 2. The molecule has 1 unspecified atom stereocenters. The van der Waals surface area contributed by atoms with Crippen LogP contribution in [0.5, 0.6) is 0 Å². The minimum atomic E-state index is -0.465. The first kappa shape index (κ1) is 18.7. The Balaban J connectivity index is 1.55. The number of halogens is 1. The van der Waals surface area contributed by atoms with Gasteiger partial charge in [-0.25, -0.2) is 4.39 Å². The third-order valence-electron chi connectivity index (χ3n) is 5.33. The normalized spacial score (nSPS) is 20.1. The SMILES string of the molecule is CC(C)CC1C(=O)N(C2CC2)CCN1C(=O)c1cc(-c2ccc(F)cc2)on1. The zero-order chi connectivity index (χ0) is 19.8. The molecule has 0 bridgehead atoms. The van der Waals surface area contributed by atoms with Crippen LogP contribution in [-0.4, -0.2) is 51.9 Å². The zero-order valence-electron chi connectivity index (χ0n) is 16.1. The number of benzene rings is 1. The summed E-state index contributed by atoms with van der Waals surface area (Å²) in [6, 6.07) is 7.23. The van der Waals surface area contributed by atoms with Crippen molar-refractivity contribution in [2.24, 2.45) is 5.92 Å². The van der Waals surface area contributed by atoms with E-state index in [1.54, 1.807) is 23.1 Å². The molecule has 1 aromatic heterocycles. The van der Waals surface area contributed by atoms with Gasteiger partial charge in [-0.15, -0.1) is 0 Å². The molecule has 1 saturated heterocycles. The highest BCUT2D eigenvalue weighted by Crippen LogP contribution is 2.32. The molecule has 2 aromatic rings. The number of nitrogens with zero attached hydrogens (tertiary/aromatic N) is 3. The van der Waals surface area contributed by atoms with Gasteiger partial charge in [-0.2, -0.15) is 0 Å². The zero-order valence-corrected chi connectivity index (χ0v) is 16.1. The van der Waals surface area contributed by atoms with Crippen molar-refractivity contribution >= 4 is 11.8 Å². The van der Waals surface area contributed by atoms with Crippen LogP contribution in [0.15, 0.2) is 34.9 Å². The van der Waals surface area contributed by atoms with Crippen molar-refractivity contribution < 1.29 is 18.5 Å². The fraction of sp³-hybridized carbons (Fsp3) is 0.476. The summed E-state index contributed by atoms with van der Waals surface area (Å²) in [7, 11) is 0. The van der Waals surface area contributed by atoms with Crippen LogP contribution in [0.3, 0.4) is 0 Å². The van der Waals surface area contributed by atoms with E-state index in [2.05, 4.69) is 19.0 Å². The van der Waals surface area contributed by atoms with E-state index < -0.39 is 6.04 Å². The Morgan fingerprint density at radius 3 is 2.61 bits per heavy atom. The van der Waals surface area contributed by atoms with E-state index in [0.29, 0.717) is 36.9 Å². The number of piperazine rings is 1. The number of carbonyl (C=O) groups is 2. The predicted octanol–water partition coefficient (Wildman–Crippen LogP) is 3.34. The third-order valence-corrected chi connectivity index (χ3v) is 5.33. The van der Waals surface area contributed by atoms with Crippen molar-refractivity contribution in [3.8, 4) is 11.3 Å². The number of aromatic nitrogens is 1. The summed E-state index contributed by atoms with van der Waals surface area (Å²) in [5, 5.41) is 3.91. The maximum absolute atomic E-state index is 13.1. The lowest BCUT2D eigenvalue weighted by molar-refractivity contribution is -0.141. The van der Waals surface area contributed by atoms with Gasteiger partial charge >= 0.3 is 0 Å². The molecule has 1 aliphatic heterocycles. The molecule has 0 radical (unpaired) electrons. The average molecular weight is 385 g/mol. The van der Waals surface area contributed by atoms with Crippen LogP contribution in [0, 0.1) is 11.7 Å². The van der Waals surface area contributed by atoms with E-state index in [1.807, 2.05) is 4.90 Å². The van der Waals surface area contributed by atoms with Gasteiger partial charge in [-0.05, 0) is 49.4 Å². The topological polar surface area (TPSA) is 66.7 Å². The summed E-state index contributed by atoms with van der Waals surface area (Å²) in [5.41, 5.74) is 0.807. The van der Waals surface area contributed by atoms with Gasteiger partial charge in [0.05, 0.1) is 0 Å². The van der Waals surface area contributed by atoms with E-state index in [4.69, 9.17) is 4.52 Å². The van der Waals surface area contributed by atoms with Gasteiger partial charge in [-0.3, -0.25) is 9.59 Å². The van der Waals surface area contributed by atoms with Crippen LogP contribution in [0.25, 0.3) is 11.3 Å². The molecule has 2 fully saturated rings. The minimum absolute atomic E-state index is 0.0399. The Hall–Kier alpha value is -2.70. The molecule has 0 spiro atoms. The average Bonchev–Trinajstić information content (AvgIpc) is 3.39. The number of hydrogen-bond acceptors (Lipinski definition) is 4. The van der Waals surface area contributed by atoms with Crippen molar-refractivity contribution in [3.05, 3.63) is 41.8 Å². The second-order valence-electron chi connectivity index (χ2n) is 7.99. The molecule has 2 heterocycles. The minimum Gasteiger partial charge on any atom is -0.355 e. The molecule has 1 atom stereocenters. The van der Waals surface area contributed by atoms with Gasteiger partial charge in [0.2, 0.25) is 5.91 Å². The molecule has 2 amide bonds. The molecule has 0 N–H and O–H groups in total. The maximum atomic E-state index is 13.1. The fourth-order valence-electron chi connectivity index (χ4n) is 3.75. The van der Waals surface area contributed by atoms with Crippen molar-refractivity contribution in [1.29, 1.82) is 0 Å². The highest BCUT2D eigenvalue weighted by atomic mass is 19.1. The first-order chi connectivity index (χ1) is 13.4. The molecule has 1 saturated carbocycles. The summed E-state index contributed by atoms with van der Waals surface area (Å²) < 4.78 is 18.4. The highest BCUT2D eigenvalue weighted by Gasteiger charge is 2.43. The second kappa shape index (κ2) is 7.37. The lowest BCUT2D eigenvalue weighted by Gasteiger charge is -2.41. The van der Waals surface area contributed by atoms with Crippen molar-refractivity contribution in [2.45, 2.75) is 45.2 Å². The largest absolute Gasteiger partial charge is 0.355 e. The van der Waals surface area contributed by atoms with Gasteiger partial charge < -0.3 is 14.3 Å². The molecule has 2 aliphatic rings. The highest BCUT2D eigenvalue weighted by molar-refractivity contribution is 5.97. The van der Waals surface area contributed by atoms with Crippen LogP contribution < -0.4 is 0 Å². The van der Waals surface area contributed by atoms with Crippen molar-refractivity contribution in [1.82, 2.24) is 15.0 Å². The number of hydrogen-bond donors (Lipinski definition) is 0. The van der Waals surface area contributed by atoms with Crippen LogP contribution in [0.1, 0.15) is 43.6 Å². The lowest BCUT2D eigenvalue weighted by Crippen LogP contribution is -2.59. The van der Waals surface area contributed by atoms with Gasteiger partial charge in [0.1, 0.15) is 11.9 Å². The van der Waals surface area contributed by atoms with Crippen LogP contribution in [0.4, 0.5) is 4.39 Å². The Morgan fingerprint density at radius 2 is 1.96 bits per heavy atom. The van der Waals surface area contributed by atoms with Gasteiger partial charge in [0.25, 0.3) is 5.91 Å². The fourth-order valence-corrected chi connectivity index (χ4v) is 3.75. The molecule has 7 heteroatoms. The molecule has 1 aliphatic carbocycles. The summed E-state index contributed by atoms with van der Waals surface area (Å²) in [6.07, 6.45) is 2.73. The molecule has 4 rings (SSSR count). The number of rotatable bonds is 5. The molecular formula is C21H24FN3O3. The third kappa shape index (κ3) is 3.66. The van der Waals surface area contributed by atoms with Crippen molar-refractivity contribution in [2.75, 3.05) is 13.1 Å². The van der Waals surface area contributed by atoms with E-state index >= 15 is 0 Å².